The topological polar surface area (TPSA) is 103 Å². The Kier molecular flexibility index (Phi) is 7.99. The number of anilines is 3. The maximum Gasteiger partial charge on any atom is 0.247 e. The van der Waals surface area contributed by atoms with Gasteiger partial charge in [-0.25, -0.2) is 9.37 Å². The minimum Gasteiger partial charge on any atom is -0.494 e. The highest BCUT2D eigenvalue weighted by atomic mass is 19.1. The van der Waals surface area contributed by atoms with Crippen molar-refractivity contribution in [1.82, 2.24) is 19.4 Å². The van der Waals surface area contributed by atoms with Gasteiger partial charge in [0.25, 0.3) is 0 Å². The number of benzene rings is 2. The Morgan fingerprint density at radius 2 is 2.00 bits per heavy atom. The number of amides is 1. The average Bonchev–Trinajstić information content (AvgIpc) is 3.38. The molecule has 1 amide bonds. The van der Waals surface area contributed by atoms with E-state index < -0.39 is 0 Å². The molecule has 1 fully saturated rings. The Bertz CT molecular complexity index is 1480. The van der Waals surface area contributed by atoms with E-state index in [1.165, 1.54) is 25.3 Å². The summed E-state index contributed by atoms with van der Waals surface area (Å²) in [6, 6.07) is 11.6. The monoisotopic (exact) mass is 532 g/mol. The largest absolute Gasteiger partial charge is 0.494 e. The van der Waals surface area contributed by atoms with Gasteiger partial charge in [0.2, 0.25) is 11.9 Å². The predicted molar refractivity (Wildman–Crippen MR) is 147 cm³/mol. The highest BCUT2D eigenvalue weighted by Crippen LogP contribution is 2.38. The summed E-state index contributed by atoms with van der Waals surface area (Å²) in [5.74, 6) is 1.04. The standard InChI is InChI=1S/C28H29FN6O4/c1-3-27(36)31-22-17-21(24(37-2)18-25(22)39-15-12-34-10-13-38-14-11-34)32-28-30-8-6-26(33-28)35-9-7-19-4-5-20(29)16-23(19)35/h3-9,16-18H,1,10-15H2,2H3,(H,31,36)(H,30,32,33). The number of rotatable bonds is 10. The number of carbonyl (C=O) groups excluding carboxylic acids is 1. The number of carbonyl (C=O) groups is 1. The molecule has 4 aromatic rings. The third kappa shape index (κ3) is 6.16. The quantitative estimate of drug-likeness (QED) is 0.294. The van der Waals surface area contributed by atoms with E-state index in [0.29, 0.717) is 54.0 Å². The fourth-order valence-corrected chi connectivity index (χ4v) is 4.30. The van der Waals surface area contributed by atoms with Gasteiger partial charge in [0, 0.05) is 43.5 Å². The molecule has 5 rings (SSSR count). The second-order valence-corrected chi connectivity index (χ2v) is 8.80. The Hall–Kier alpha value is -4.48. The van der Waals surface area contributed by atoms with E-state index in [1.807, 2.05) is 12.3 Å². The summed E-state index contributed by atoms with van der Waals surface area (Å²) in [5, 5.41) is 6.84. The molecule has 2 aromatic heterocycles. The van der Waals surface area contributed by atoms with Gasteiger partial charge in [0.05, 0.1) is 37.2 Å². The molecule has 0 bridgehead atoms. The smallest absolute Gasteiger partial charge is 0.247 e. The molecule has 0 aliphatic carbocycles. The van der Waals surface area contributed by atoms with E-state index in [9.17, 15) is 9.18 Å². The van der Waals surface area contributed by atoms with E-state index in [4.69, 9.17) is 14.2 Å². The first-order chi connectivity index (χ1) is 19.0. The minimum atomic E-state index is -0.380. The molecule has 1 aliphatic heterocycles. The van der Waals surface area contributed by atoms with E-state index in [-0.39, 0.29) is 17.7 Å². The number of ether oxygens (including phenoxy) is 3. The van der Waals surface area contributed by atoms with Crippen LogP contribution in [0.2, 0.25) is 0 Å². The normalized spacial score (nSPS) is 13.7. The van der Waals surface area contributed by atoms with Crippen LogP contribution in [0.4, 0.5) is 21.7 Å². The molecule has 0 unspecified atom stereocenters. The van der Waals surface area contributed by atoms with Crippen molar-refractivity contribution in [2.24, 2.45) is 0 Å². The molecule has 1 saturated heterocycles. The van der Waals surface area contributed by atoms with Gasteiger partial charge in [-0.1, -0.05) is 6.58 Å². The number of hydrogen-bond donors (Lipinski definition) is 2. The molecule has 11 heteroatoms. The molecule has 2 N–H and O–H groups in total. The summed E-state index contributed by atoms with van der Waals surface area (Å²) >= 11 is 0. The molecule has 39 heavy (non-hydrogen) atoms. The maximum atomic E-state index is 13.9. The van der Waals surface area contributed by atoms with Crippen molar-refractivity contribution >= 4 is 34.1 Å². The van der Waals surface area contributed by atoms with E-state index >= 15 is 0 Å². The van der Waals surface area contributed by atoms with Gasteiger partial charge in [-0.2, -0.15) is 4.98 Å². The molecule has 1 aliphatic rings. The number of hydrogen-bond acceptors (Lipinski definition) is 8. The van der Waals surface area contributed by atoms with Gasteiger partial charge >= 0.3 is 0 Å². The van der Waals surface area contributed by atoms with E-state index in [2.05, 4.69) is 32.1 Å². The van der Waals surface area contributed by atoms with Crippen molar-refractivity contribution in [1.29, 1.82) is 0 Å². The lowest BCUT2D eigenvalue weighted by Gasteiger charge is -2.26. The number of aromatic nitrogens is 3. The number of halogens is 1. The molecule has 202 valence electrons. The van der Waals surface area contributed by atoms with E-state index in [1.54, 1.807) is 35.0 Å². The lowest BCUT2D eigenvalue weighted by atomic mass is 10.2. The van der Waals surface area contributed by atoms with Crippen LogP contribution < -0.4 is 20.1 Å². The van der Waals surface area contributed by atoms with Gasteiger partial charge < -0.3 is 29.4 Å². The molecule has 3 heterocycles. The highest BCUT2D eigenvalue weighted by Gasteiger charge is 2.16. The summed E-state index contributed by atoms with van der Waals surface area (Å²) in [6.45, 7) is 7.79. The molecule has 0 spiro atoms. The number of methoxy groups -OCH3 is 1. The first-order valence-electron chi connectivity index (χ1n) is 12.5. The summed E-state index contributed by atoms with van der Waals surface area (Å²) in [4.78, 5) is 23.4. The zero-order valence-corrected chi connectivity index (χ0v) is 21.5. The summed E-state index contributed by atoms with van der Waals surface area (Å²) in [6.07, 6.45) is 4.61. The first-order valence-corrected chi connectivity index (χ1v) is 12.5. The van der Waals surface area contributed by atoms with Gasteiger partial charge in [-0.15, -0.1) is 0 Å². The lowest BCUT2D eigenvalue weighted by Crippen LogP contribution is -2.38. The zero-order chi connectivity index (χ0) is 27.2. The Morgan fingerprint density at radius 3 is 2.79 bits per heavy atom. The van der Waals surface area contributed by atoms with E-state index in [0.717, 1.165) is 25.0 Å². The number of nitrogens with zero attached hydrogens (tertiary/aromatic N) is 4. The van der Waals surface area contributed by atoms with Gasteiger partial charge in [0.15, 0.2) is 0 Å². The van der Waals surface area contributed by atoms with Crippen molar-refractivity contribution < 1.29 is 23.4 Å². The predicted octanol–water partition coefficient (Wildman–Crippen LogP) is 4.15. The molecule has 0 saturated carbocycles. The third-order valence-electron chi connectivity index (χ3n) is 6.30. The van der Waals surface area contributed by atoms with Crippen molar-refractivity contribution in [3.63, 3.8) is 0 Å². The second kappa shape index (κ2) is 11.9. The van der Waals surface area contributed by atoms with Crippen LogP contribution in [0, 0.1) is 5.82 Å². The fraction of sp³-hybridized carbons (Fsp3) is 0.250. The zero-order valence-electron chi connectivity index (χ0n) is 21.5. The third-order valence-corrected chi connectivity index (χ3v) is 6.30. The van der Waals surface area contributed by atoms with Crippen LogP contribution in [0.5, 0.6) is 11.5 Å². The first kappa shape index (κ1) is 26.1. The van der Waals surface area contributed by atoms with Crippen molar-refractivity contribution in [2.45, 2.75) is 0 Å². The summed E-state index contributed by atoms with van der Waals surface area (Å²) < 4.78 is 32.7. The van der Waals surface area contributed by atoms with Crippen LogP contribution in [0.3, 0.4) is 0 Å². The molecule has 0 atom stereocenters. The lowest BCUT2D eigenvalue weighted by molar-refractivity contribution is -0.111. The van der Waals surface area contributed by atoms with Gasteiger partial charge in [0.1, 0.15) is 29.7 Å². The average molecular weight is 533 g/mol. The highest BCUT2D eigenvalue weighted by molar-refractivity contribution is 6.00. The van der Waals surface area contributed by atoms with Gasteiger partial charge in [-0.05, 0) is 42.5 Å². The fourth-order valence-electron chi connectivity index (χ4n) is 4.30. The van der Waals surface area contributed by atoms with Crippen LogP contribution >= 0.6 is 0 Å². The second-order valence-electron chi connectivity index (χ2n) is 8.80. The number of nitrogens with one attached hydrogen (secondary N) is 2. The van der Waals surface area contributed by atoms with Crippen LogP contribution in [-0.2, 0) is 9.53 Å². The number of morpholine rings is 1. The summed E-state index contributed by atoms with van der Waals surface area (Å²) in [5.41, 5.74) is 1.64. The number of fused-ring (bicyclic) bond motifs is 1. The SMILES string of the molecule is C=CC(=O)Nc1cc(Nc2nccc(-n3ccc4ccc(F)cc43)n2)c(OC)cc1OCCN1CCOCC1. The van der Waals surface area contributed by atoms with Crippen LogP contribution in [0.25, 0.3) is 16.7 Å². The van der Waals surface area contributed by atoms with Gasteiger partial charge in [-0.3, -0.25) is 9.69 Å². The minimum absolute atomic E-state index is 0.283. The molecule has 2 aromatic carbocycles. The molecular weight excluding hydrogens is 503 g/mol. The molecule has 0 radical (unpaired) electrons. The van der Waals surface area contributed by atoms with Crippen LogP contribution in [0.15, 0.2) is 67.5 Å². The van der Waals surface area contributed by atoms with Crippen LogP contribution in [0.1, 0.15) is 0 Å². The van der Waals surface area contributed by atoms with Crippen molar-refractivity contribution in [3.05, 3.63) is 73.3 Å². The molecule has 10 nitrogen and oxygen atoms in total. The van der Waals surface area contributed by atoms with Crippen LogP contribution in [-0.4, -0.2) is 71.9 Å². The Morgan fingerprint density at radius 1 is 1.15 bits per heavy atom. The summed E-state index contributed by atoms with van der Waals surface area (Å²) in [7, 11) is 1.54. The van der Waals surface area contributed by atoms with Crippen molar-refractivity contribution in [3.8, 4) is 17.3 Å². The maximum absolute atomic E-state index is 13.9. The van der Waals surface area contributed by atoms with Crippen molar-refractivity contribution in [2.75, 3.05) is 57.2 Å². The Labute approximate surface area is 225 Å². The Balaban J connectivity index is 1.40. The molecular formula is C28H29FN6O4.